The van der Waals surface area contributed by atoms with Crippen LogP contribution in [0, 0.1) is 0 Å². The fraction of sp³-hybridized carbons (Fsp3) is 0.900. The van der Waals surface area contributed by atoms with Gasteiger partial charge in [0.1, 0.15) is 5.60 Å². The fourth-order valence-corrected chi connectivity index (χ4v) is 4.69. The van der Waals surface area contributed by atoms with Gasteiger partial charge in [-0.15, -0.1) is 0 Å². The maximum absolute atomic E-state index is 12.3. The third-order valence-corrected chi connectivity index (χ3v) is 6.41. The van der Waals surface area contributed by atoms with Gasteiger partial charge >= 0.3 is 6.09 Å². The summed E-state index contributed by atoms with van der Waals surface area (Å²) in [5.41, 5.74) is -0.496. The van der Waals surface area contributed by atoms with Gasteiger partial charge in [-0.2, -0.15) is 0 Å². The summed E-state index contributed by atoms with van der Waals surface area (Å²) in [5, 5.41) is 7.03. The predicted octanol–water partition coefficient (Wildman–Crippen LogP) is 2.88. The second-order valence-corrected chi connectivity index (χ2v) is 10.3. The molecule has 8 heteroatoms. The van der Waals surface area contributed by atoms with Crippen molar-refractivity contribution in [2.45, 2.75) is 83.6 Å². The van der Waals surface area contributed by atoms with E-state index in [9.17, 15) is 9.00 Å². The molecule has 3 atom stereocenters. The first-order valence-corrected chi connectivity index (χ1v) is 11.9. The molecule has 28 heavy (non-hydrogen) atoms. The Hall–Kier alpha value is -1.31. The second kappa shape index (κ2) is 12.3. The number of guanidine groups is 1. The summed E-state index contributed by atoms with van der Waals surface area (Å²) < 4.78 is 17.6. The van der Waals surface area contributed by atoms with Crippen LogP contribution >= 0.6 is 0 Å². The number of nitrogens with zero attached hydrogens (tertiary/aromatic N) is 2. The van der Waals surface area contributed by atoms with Crippen molar-refractivity contribution in [3.63, 3.8) is 0 Å². The number of carbonyl (C=O) groups excluding carboxylic acids is 1. The molecule has 164 valence electrons. The second-order valence-electron chi connectivity index (χ2n) is 8.27. The van der Waals surface area contributed by atoms with Crippen molar-refractivity contribution in [1.29, 1.82) is 0 Å². The normalized spacial score (nSPS) is 21.7. The molecule has 1 fully saturated rings. The highest BCUT2D eigenvalue weighted by molar-refractivity contribution is 7.85. The molecule has 0 spiro atoms. The molecule has 1 aliphatic carbocycles. The number of carbonyl (C=O) groups is 1. The van der Waals surface area contributed by atoms with Crippen LogP contribution in [0.25, 0.3) is 0 Å². The molecule has 1 aliphatic rings. The number of hydrogen-bond donors (Lipinski definition) is 2. The van der Waals surface area contributed by atoms with Gasteiger partial charge in [0.05, 0.1) is 0 Å². The predicted molar refractivity (Wildman–Crippen MR) is 117 cm³/mol. The average molecular weight is 417 g/mol. The Bertz CT molecular complexity index is 534. The molecular weight excluding hydrogens is 376 g/mol. The Labute approximate surface area is 173 Å². The molecule has 0 aromatic heterocycles. The van der Waals surface area contributed by atoms with E-state index in [2.05, 4.69) is 15.6 Å². The Morgan fingerprint density at radius 3 is 2.54 bits per heavy atom. The maximum Gasteiger partial charge on any atom is 0.410 e. The number of hydrogen-bond acceptors (Lipinski definition) is 4. The van der Waals surface area contributed by atoms with E-state index in [0.29, 0.717) is 19.6 Å². The lowest BCUT2D eigenvalue weighted by molar-refractivity contribution is 0.0253. The maximum atomic E-state index is 12.3. The molecule has 0 bridgehead atoms. The quantitative estimate of drug-likeness (QED) is 0.470. The first kappa shape index (κ1) is 24.7. The van der Waals surface area contributed by atoms with Crippen LogP contribution in [0.4, 0.5) is 4.79 Å². The first-order chi connectivity index (χ1) is 13.2. The molecule has 7 nitrogen and oxygen atoms in total. The van der Waals surface area contributed by atoms with Crippen LogP contribution in [0.3, 0.4) is 0 Å². The lowest BCUT2D eigenvalue weighted by Crippen LogP contribution is -2.49. The summed E-state index contributed by atoms with van der Waals surface area (Å²) in [5.74, 6) is 1.45. The molecule has 1 amide bonds. The molecule has 0 aliphatic heterocycles. The van der Waals surface area contributed by atoms with Crippen molar-refractivity contribution in [2.75, 3.05) is 32.4 Å². The van der Waals surface area contributed by atoms with E-state index in [-0.39, 0.29) is 17.4 Å². The van der Waals surface area contributed by atoms with Crippen LogP contribution in [0.1, 0.15) is 66.7 Å². The number of nitrogens with one attached hydrogen (secondary N) is 2. The molecule has 0 saturated heterocycles. The third-order valence-electron chi connectivity index (χ3n) is 4.67. The number of amides is 1. The standard InChI is InChI=1S/C20H40N4O3S/c1-7-13-24(19(25)27-20(3,4)5)14-12-22-18(21-6)23-16-10-9-11-17(15-16)28(26)8-2/h16-17H,7-15H2,1-6H3,(H2,21,22,23). The van der Waals surface area contributed by atoms with Gasteiger partial charge in [-0.25, -0.2) is 4.79 Å². The molecule has 3 unspecified atom stereocenters. The SMILES string of the molecule is CCCN(CCNC(=NC)NC1CCCC(S(=O)CC)C1)C(=O)OC(C)(C)C. The lowest BCUT2D eigenvalue weighted by atomic mass is 9.95. The van der Waals surface area contributed by atoms with Crippen molar-refractivity contribution in [2.24, 2.45) is 4.99 Å². The van der Waals surface area contributed by atoms with Crippen LogP contribution in [-0.2, 0) is 15.5 Å². The van der Waals surface area contributed by atoms with Gasteiger partial charge in [-0.1, -0.05) is 20.3 Å². The van der Waals surface area contributed by atoms with Crippen molar-refractivity contribution < 1.29 is 13.7 Å². The Kier molecular flexibility index (Phi) is 10.9. The largest absolute Gasteiger partial charge is 0.444 e. The minimum Gasteiger partial charge on any atom is -0.444 e. The average Bonchev–Trinajstić information content (AvgIpc) is 2.64. The summed E-state index contributed by atoms with van der Waals surface area (Å²) in [6, 6.07) is 0.290. The molecular formula is C20H40N4O3S. The van der Waals surface area contributed by atoms with E-state index < -0.39 is 16.4 Å². The Balaban J connectivity index is 2.49. The van der Waals surface area contributed by atoms with Crippen molar-refractivity contribution in [1.82, 2.24) is 15.5 Å². The molecule has 0 heterocycles. The smallest absolute Gasteiger partial charge is 0.410 e. The molecule has 0 radical (unpaired) electrons. The molecule has 1 saturated carbocycles. The van der Waals surface area contributed by atoms with E-state index in [4.69, 9.17) is 4.74 Å². The highest BCUT2D eigenvalue weighted by Gasteiger charge is 2.26. The number of ether oxygens (including phenoxy) is 1. The van der Waals surface area contributed by atoms with Crippen LogP contribution in [0.5, 0.6) is 0 Å². The van der Waals surface area contributed by atoms with Gasteiger partial charge in [-0.05, 0) is 46.5 Å². The highest BCUT2D eigenvalue weighted by Crippen LogP contribution is 2.22. The monoisotopic (exact) mass is 416 g/mol. The van der Waals surface area contributed by atoms with E-state index in [1.54, 1.807) is 11.9 Å². The van der Waals surface area contributed by atoms with Gasteiger partial charge in [0.25, 0.3) is 0 Å². The summed E-state index contributed by atoms with van der Waals surface area (Å²) in [6.07, 6.45) is 4.72. The van der Waals surface area contributed by atoms with Gasteiger partial charge < -0.3 is 20.3 Å². The highest BCUT2D eigenvalue weighted by atomic mass is 32.2. The first-order valence-electron chi connectivity index (χ1n) is 10.5. The minimum atomic E-state index is -0.737. The molecule has 0 aromatic carbocycles. The van der Waals surface area contributed by atoms with Gasteiger partial charge in [-0.3, -0.25) is 9.20 Å². The van der Waals surface area contributed by atoms with Crippen LogP contribution in [0.2, 0.25) is 0 Å². The molecule has 2 N–H and O–H groups in total. The van der Waals surface area contributed by atoms with E-state index in [1.807, 2.05) is 34.6 Å². The van der Waals surface area contributed by atoms with Crippen molar-refractivity contribution in [3.05, 3.63) is 0 Å². The van der Waals surface area contributed by atoms with Crippen molar-refractivity contribution >= 4 is 22.9 Å². The topological polar surface area (TPSA) is 83.0 Å². The Morgan fingerprint density at radius 1 is 1.25 bits per heavy atom. The zero-order chi connectivity index (χ0) is 21.2. The third kappa shape index (κ3) is 9.26. The van der Waals surface area contributed by atoms with Gasteiger partial charge in [0.2, 0.25) is 0 Å². The van der Waals surface area contributed by atoms with Crippen LogP contribution in [0.15, 0.2) is 4.99 Å². The van der Waals surface area contributed by atoms with E-state index >= 15 is 0 Å². The van der Waals surface area contributed by atoms with Crippen molar-refractivity contribution in [3.8, 4) is 0 Å². The number of rotatable bonds is 8. The Morgan fingerprint density at radius 2 is 1.96 bits per heavy atom. The zero-order valence-corrected chi connectivity index (χ0v) is 19.4. The van der Waals surface area contributed by atoms with Crippen LogP contribution in [-0.4, -0.2) is 70.5 Å². The van der Waals surface area contributed by atoms with Gasteiger partial charge in [0.15, 0.2) is 5.96 Å². The molecule has 0 aromatic rings. The van der Waals surface area contributed by atoms with Crippen LogP contribution < -0.4 is 10.6 Å². The molecule has 1 rings (SSSR count). The zero-order valence-electron chi connectivity index (χ0n) is 18.5. The fourth-order valence-electron chi connectivity index (χ4n) is 3.34. The minimum absolute atomic E-state index is 0.279. The number of aliphatic imine (C=N–C) groups is 1. The summed E-state index contributed by atoms with van der Waals surface area (Å²) in [6.45, 7) is 11.5. The lowest BCUT2D eigenvalue weighted by Gasteiger charge is -2.30. The van der Waals surface area contributed by atoms with E-state index in [0.717, 1.165) is 43.8 Å². The van der Waals surface area contributed by atoms with E-state index in [1.165, 1.54) is 0 Å². The summed E-state index contributed by atoms with van der Waals surface area (Å²) in [7, 11) is 1.01. The summed E-state index contributed by atoms with van der Waals surface area (Å²) >= 11 is 0. The van der Waals surface area contributed by atoms with Gasteiger partial charge in [0, 0.05) is 54.5 Å². The summed E-state index contributed by atoms with van der Waals surface area (Å²) in [4.78, 5) is 18.4.